The molecular weight excluding hydrogens is 386 g/mol. The summed E-state index contributed by atoms with van der Waals surface area (Å²) in [5.41, 5.74) is 3.98. The van der Waals surface area contributed by atoms with Crippen LogP contribution in [0.4, 0.5) is 0 Å². The van der Waals surface area contributed by atoms with Gasteiger partial charge in [-0.2, -0.15) is 5.10 Å². The molecule has 9 heteroatoms. The van der Waals surface area contributed by atoms with E-state index in [-0.39, 0.29) is 10.8 Å². The first-order chi connectivity index (χ1) is 14.2. The SMILES string of the molecule is CC(c1ccc2[nH]c(=O)sc2c1)c1ccn(-c2ccc(Cn3ccnn3)cn2)n1. The van der Waals surface area contributed by atoms with Crippen LogP contribution in [-0.4, -0.2) is 34.7 Å². The fraction of sp³-hybridized carbons (Fsp3) is 0.150. The first-order valence-electron chi connectivity index (χ1n) is 9.13. The number of nitrogens with one attached hydrogen (secondary N) is 1. The van der Waals surface area contributed by atoms with E-state index in [2.05, 4.69) is 33.3 Å². The van der Waals surface area contributed by atoms with Crippen molar-refractivity contribution in [2.75, 3.05) is 0 Å². The highest BCUT2D eigenvalue weighted by Crippen LogP contribution is 2.26. The maximum atomic E-state index is 11.5. The molecule has 5 aromatic rings. The summed E-state index contributed by atoms with van der Waals surface area (Å²) in [4.78, 5) is 18.9. The fourth-order valence-corrected chi connectivity index (χ4v) is 4.03. The lowest BCUT2D eigenvalue weighted by Crippen LogP contribution is -2.04. The molecule has 4 aromatic heterocycles. The van der Waals surface area contributed by atoms with Crippen molar-refractivity contribution in [2.45, 2.75) is 19.4 Å². The lowest BCUT2D eigenvalue weighted by molar-refractivity contribution is 0.647. The molecule has 0 fully saturated rings. The van der Waals surface area contributed by atoms with Crippen LogP contribution in [0.1, 0.15) is 29.7 Å². The average molecular weight is 403 g/mol. The van der Waals surface area contributed by atoms with E-state index < -0.39 is 0 Å². The second-order valence-electron chi connectivity index (χ2n) is 6.80. The molecule has 8 nitrogen and oxygen atoms in total. The molecule has 0 saturated heterocycles. The van der Waals surface area contributed by atoms with E-state index in [1.165, 1.54) is 11.3 Å². The molecule has 0 bridgehead atoms. The standard InChI is InChI=1S/C20H17N7OS/c1-13(15-3-4-17-18(10-15)29-20(28)23-17)16-6-8-27(24-16)19-5-2-14(11-21-19)12-26-9-7-22-25-26/h2-11,13H,12H2,1H3,(H,23,28). The van der Waals surface area contributed by atoms with Gasteiger partial charge in [0.2, 0.25) is 0 Å². The summed E-state index contributed by atoms with van der Waals surface area (Å²) in [5.74, 6) is 0.856. The van der Waals surface area contributed by atoms with Gasteiger partial charge < -0.3 is 4.98 Å². The number of thiazole rings is 1. The van der Waals surface area contributed by atoms with Crippen LogP contribution in [0, 0.1) is 0 Å². The number of H-pyrrole nitrogens is 1. The highest BCUT2D eigenvalue weighted by molar-refractivity contribution is 7.16. The highest BCUT2D eigenvalue weighted by Gasteiger charge is 2.14. The van der Waals surface area contributed by atoms with E-state index >= 15 is 0 Å². The molecule has 0 aliphatic carbocycles. The van der Waals surface area contributed by atoms with E-state index in [9.17, 15) is 4.79 Å². The number of fused-ring (bicyclic) bond motifs is 1. The predicted octanol–water partition coefficient (Wildman–Crippen LogP) is 2.96. The highest BCUT2D eigenvalue weighted by atomic mass is 32.1. The van der Waals surface area contributed by atoms with Gasteiger partial charge in [-0.05, 0) is 35.4 Å². The minimum absolute atomic E-state index is 0.0348. The van der Waals surface area contributed by atoms with E-state index in [0.717, 1.165) is 32.9 Å². The summed E-state index contributed by atoms with van der Waals surface area (Å²) in [7, 11) is 0. The topological polar surface area (TPSA) is 94.3 Å². The van der Waals surface area contributed by atoms with Crippen LogP contribution < -0.4 is 4.87 Å². The Bertz CT molecular complexity index is 1320. The molecule has 1 unspecified atom stereocenters. The Morgan fingerprint density at radius 3 is 2.90 bits per heavy atom. The molecule has 1 atom stereocenters. The van der Waals surface area contributed by atoms with E-state index in [1.54, 1.807) is 15.6 Å². The number of rotatable bonds is 5. The molecule has 0 amide bonds. The van der Waals surface area contributed by atoms with Gasteiger partial charge in [0.05, 0.1) is 28.7 Å². The summed E-state index contributed by atoms with van der Waals surface area (Å²) in [5, 5.41) is 12.5. The Hall–Kier alpha value is -3.59. The summed E-state index contributed by atoms with van der Waals surface area (Å²) in [6.45, 7) is 2.74. The third-order valence-electron chi connectivity index (χ3n) is 4.86. The number of nitrogens with zero attached hydrogens (tertiary/aromatic N) is 6. The lowest BCUT2D eigenvalue weighted by atomic mass is 9.98. The normalized spacial score (nSPS) is 12.4. The zero-order valence-electron chi connectivity index (χ0n) is 15.6. The molecule has 29 heavy (non-hydrogen) atoms. The largest absolute Gasteiger partial charge is 0.312 e. The quantitative estimate of drug-likeness (QED) is 0.487. The lowest BCUT2D eigenvalue weighted by Gasteiger charge is -2.09. The molecular formula is C20H17N7OS. The Balaban J connectivity index is 1.37. The van der Waals surface area contributed by atoms with Crippen molar-refractivity contribution < 1.29 is 0 Å². The van der Waals surface area contributed by atoms with Crippen molar-refractivity contribution in [3.05, 3.63) is 87.7 Å². The number of pyridine rings is 1. The van der Waals surface area contributed by atoms with E-state index in [4.69, 9.17) is 5.10 Å². The van der Waals surface area contributed by atoms with Crippen LogP contribution >= 0.6 is 11.3 Å². The zero-order valence-corrected chi connectivity index (χ0v) is 16.4. The second kappa shape index (κ2) is 7.10. The minimum atomic E-state index is -0.0348. The number of aromatic amines is 1. The molecule has 0 aliphatic rings. The Kier molecular flexibility index (Phi) is 4.28. The van der Waals surface area contributed by atoms with Crippen molar-refractivity contribution in [1.82, 2.24) is 34.7 Å². The van der Waals surface area contributed by atoms with Gasteiger partial charge in [0.25, 0.3) is 0 Å². The van der Waals surface area contributed by atoms with Crippen LogP contribution in [0.15, 0.2) is 66.0 Å². The summed E-state index contributed by atoms with van der Waals surface area (Å²) in [6, 6.07) is 12.0. The predicted molar refractivity (Wildman–Crippen MR) is 110 cm³/mol. The molecule has 1 N–H and O–H groups in total. The molecule has 4 heterocycles. The molecule has 0 saturated carbocycles. The Labute approximate surface area is 169 Å². The maximum Gasteiger partial charge on any atom is 0.305 e. The average Bonchev–Trinajstić information content (AvgIpc) is 3.47. The van der Waals surface area contributed by atoms with Crippen LogP contribution in [0.2, 0.25) is 0 Å². The third kappa shape index (κ3) is 3.47. The van der Waals surface area contributed by atoms with Crippen molar-refractivity contribution in [1.29, 1.82) is 0 Å². The summed E-state index contributed by atoms with van der Waals surface area (Å²) in [6.07, 6.45) is 7.21. The van der Waals surface area contributed by atoms with Crippen LogP contribution in [0.5, 0.6) is 0 Å². The van der Waals surface area contributed by atoms with Gasteiger partial charge in [0, 0.05) is 24.5 Å². The monoisotopic (exact) mass is 403 g/mol. The van der Waals surface area contributed by atoms with Crippen LogP contribution in [0.25, 0.3) is 16.0 Å². The first-order valence-corrected chi connectivity index (χ1v) is 9.95. The van der Waals surface area contributed by atoms with E-state index in [1.807, 2.05) is 48.9 Å². The third-order valence-corrected chi connectivity index (χ3v) is 5.70. The smallest absolute Gasteiger partial charge is 0.305 e. The Morgan fingerprint density at radius 2 is 2.10 bits per heavy atom. The van der Waals surface area contributed by atoms with Crippen molar-refractivity contribution in [3.8, 4) is 5.82 Å². The van der Waals surface area contributed by atoms with Gasteiger partial charge in [-0.25, -0.2) is 14.3 Å². The summed E-state index contributed by atoms with van der Waals surface area (Å²) < 4.78 is 4.49. The van der Waals surface area contributed by atoms with Gasteiger partial charge in [-0.1, -0.05) is 35.6 Å². The molecule has 5 rings (SSSR count). The van der Waals surface area contributed by atoms with Gasteiger partial charge in [-0.3, -0.25) is 4.79 Å². The first kappa shape index (κ1) is 17.5. The van der Waals surface area contributed by atoms with Gasteiger partial charge in [0.1, 0.15) is 0 Å². The molecule has 0 radical (unpaired) electrons. The van der Waals surface area contributed by atoms with Gasteiger partial charge in [0.15, 0.2) is 5.82 Å². The number of aromatic nitrogens is 7. The van der Waals surface area contributed by atoms with Gasteiger partial charge in [-0.15, -0.1) is 5.10 Å². The van der Waals surface area contributed by atoms with Crippen molar-refractivity contribution >= 4 is 21.6 Å². The van der Waals surface area contributed by atoms with Crippen molar-refractivity contribution in [2.24, 2.45) is 0 Å². The maximum absolute atomic E-state index is 11.5. The molecule has 0 aliphatic heterocycles. The fourth-order valence-electron chi connectivity index (χ4n) is 3.25. The number of hydrogen-bond donors (Lipinski definition) is 1. The van der Waals surface area contributed by atoms with Crippen LogP contribution in [-0.2, 0) is 6.54 Å². The molecule has 0 spiro atoms. The van der Waals surface area contributed by atoms with Gasteiger partial charge >= 0.3 is 4.87 Å². The second-order valence-corrected chi connectivity index (χ2v) is 7.82. The molecule has 144 valence electrons. The van der Waals surface area contributed by atoms with Crippen LogP contribution in [0.3, 0.4) is 0 Å². The minimum Gasteiger partial charge on any atom is -0.312 e. The van der Waals surface area contributed by atoms with Crippen molar-refractivity contribution in [3.63, 3.8) is 0 Å². The molecule has 1 aromatic carbocycles. The summed E-state index contributed by atoms with van der Waals surface area (Å²) >= 11 is 1.23. The van der Waals surface area contributed by atoms with E-state index in [0.29, 0.717) is 6.54 Å². The number of hydrogen-bond acceptors (Lipinski definition) is 6. The zero-order chi connectivity index (χ0) is 19.8. The Morgan fingerprint density at radius 1 is 1.17 bits per heavy atom. The number of benzene rings is 1.